The first-order valence-electron chi connectivity index (χ1n) is 5.58. The van der Waals surface area contributed by atoms with E-state index < -0.39 is 0 Å². The molecule has 1 aromatic carbocycles. The number of ether oxygens (including phenoxy) is 1. The Morgan fingerprint density at radius 2 is 2.31 bits per heavy atom. The van der Waals surface area contributed by atoms with Gasteiger partial charge in [0.05, 0.1) is 12.5 Å². The van der Waals surface area contributed by atoms with Crippen LogP contribution in [0.4, 0.5) is 0 Å². The molecule has 1 aromatic rings. The van der Waals surface area contributed by atoms with Crippen LogP contribution in [0.15, 0.2) is 22.7 Å². The number of benzene rings is 1. The number of carbonyl (C=O) groups excluding carboxylic acids is 1. The SMILES string of the molecule is CCOC(=O)C1Cc2ccc(Br)cc2C1C. The molecule has 0 aliphatic heterocycles. The summed E-state index contributed by atoms with van der Waals surface area (Å²) in [5.74, 6) is 0.179. The van der Waals surface area contributed by atoms with E-state index in [-0.39, 0.29) is 17.8 Å². The quantitative estimate of drug-likeness (QED) is 0.778. The van der Waals surface area contributed by atoms with Gasteiger partial charge in [0, 0.05) is 4.47 Å². The molecule has 16 heavy (non-hydrogen) atoms. The zero-order chi connectivity index (χ0) is 11.7. The van der Waals surface area contributed by atoms with Gasteiger partial charge in [-0.05, 0) is 42.5 Å². The Labute approximate surface area is 104 Å². The van der Waals surface area contributed by atoms with E-state index in [2.05, 4.69) is 35.0 Å². The van der Waals surface area contributed by atoms with Crippen molar-refractivity contribution in [2.45, 2.75) is 26.2 Å². The van der Waals surface area contributed by atoms with Crippen LogP contribution in [-0.4, -0.2) is 12.6 Å². The molecule has 1 aliphatic rings. The lowest BCUT2D eigenvalue weighted by atomic mass is 9.95. The predicted molar refractivity (Wildman–Crippen MR) is 66.4 cm³/mol. The Balaban J connectivity index is 2.24. The third-order valence-electron chi connectivity index (χ3n) is 3.23. The van der Waals surface area contributed by atoms with Gasteiger partial charge in [-0.3, -0.25) is 4.79 Å². The van der Waals surface area contributed by atoms with E-state index in [1.54, 1.807) is 0 Å². The highest BCUT2D eigenvalue weighted by Crippen LogP contribution is 2.39. The summed E-state index contributed by atoms with van der Waals surface area (Å²) in [4.78, 5) is 11.8. The third-order valence-corrected chi connectivity index (χ3v) is 3.72. The maximum atomic E-state index is 11.8. The average Bonchev–Trinajstić information content (AvgIpc) is 2.57. The molecule has 2 atom stereocenters. The monoisotopic (exact) mass is 282 g/mol. The first-order valence-corrected chi connectivity index (χ1v) is 6.37. The topological polar surface area (TPSA) is 26.3 Å². The van der Waals surface area contributed by atoms with Crippen LogP contribution in [0.25, 0.3) is 0 Å². The van der Waals surface area contributed by atoms with Gasteiger partial charge in [0.2, 0.25) is 0 Å². The molecule has 2 unspecified atom stereocenters. The third kappa shape index (κ3) is 2.01. The minimum atomic E-state index is -0.0673. The number of hydrogen-bond donors (Lipinski definition) is 0. The first kappa shape index (κ1) is 11.6. The second-order valence-electron chi connectivity index (χ2n) is 4.19. The van der Waals surface area contributed by atoms with Crippen LogP contribution < -0.4 is 0 Å². The molecule has 86 valence electrons. The van der Waals surface area contributed by atoms with E-state index in [9.17, 15) is 4.79 Å². The van der Waals surface area contributed by atoms with Crippen molar-refractivity contribution >= 4 is 21.9 Å². The summed E-state index contributed by atoms with van der Waals surface area (Å²) >= 11 is 3.46. The minimum absolute atomic E-state index is 0.00995. The molecule has 1 aliphatic carbocycles. The molecule has 2 nitrogen and oxygen atoms in total. The molecule has 0 saturated heterocycles. The molecular formula is C13H15BrO2. The Kier molecular flexibility index (Phi) is 3.33. The summed E-state index contributed by atoms with van der Waals surface area (Å²) in [6.07, 6.45) is 0.808. The molecule has 0 saturated carbocycles. The lowest BCUT2D eigenvalue weighted by molar-refractivity contribution is -0.148. The van der Waals surface area contributed by atoms with Gasteiger partial charge in [-0.15, -0.1) is 0 Å². The fraction of sp³-hybridized carbons (Fsp3) is 0.462. The van der Waals surface area contributed by atoms with Crippen molar-refractivity contribution in [3.63, 3.8) is 0 Å². The number of esters is 1. The van der Waals surface area contributed by atoms with E-state index in [4.69, 9.17) is 4.74 Å². The van der Waals surface area contributed by atoms with Crippen LogP contribution in [0.5, 0.6) is 0 Å². The lowest BCUT2D eigenvalue weighted by Crippen LogP contribution is -2.20. The summed E-state index contributed by atoms with van der Waals surface area (Å²) < 4.78 is 6.18. The van der Waals surface area contributed by atoms with Crippen LogP contribution in [-0.2, 0) is 16.0 Å². The van der Waals surface area contributed by atoms with Crippen LogP contribution in [0.2, 0.25) is 0 Å². The fourth-order valence-electron chi connectivity index (χ4n) is 2.34. The maximum Gasteiger partial charge on any atom is 0.309 e. The van der Waals surface area contributed by atoms with Gasteiger partial charge >= 0.3 is 5.97 Å². The van der Waals surface area contributed by atoms with Gasteiger partial charge < -0.3 is 4.74 Å². The number of carbonyl (C=O) groups is 1. The average molecular weight is 283 g/mol. The number of halogens is 1. The Morgan fingerprint density at radius 1 is 1.56 bits per heavy atom. The highest BCUT2D eigenvalue weighted by Gasteiger charge is 2.35. The standard InChI is InChI=1S/C13H15BrO2/c1-3-16-13(15)12-6-9-4-5-10(14)7-11(9)8(12)2/h4-5,7-8,12H,3,6H2,1-2H3. The Hall–Kier alpha value is -0.830. The molecule has 0 fully saturated rings. The second-order valence-corrected chi connectivity index (χ2v) is 5.11. The largest absolute Gasteiger partial charge is 0.466 e. The lowest BCUT2D eigenvalue weighted by Gasteiger charge is -2.14. The van der Waals surface area contributed by atoms with Crippen molar-refractivity contribution in [2.24, 2.45) is 5.92 Å². The maximum absolute atomic E-state index is 11.8. The molecule has 3 heteroatoms. The number of rotatable bonds is 2. The van der Waals surface area contributed by atoms with E-state index in [0.29, 0.717) is 6.61 Å². The van der Waals surface area contributed by atoms with E-state index in [1.807, 2.05) is 13.0 Å². The van der Waals surface area contributed by atoms with Gasteiger partial charge in [-0.25, -0.2) is 0 Å². The number of hydrogen-bond acceptors (Lipinski definition) is 2. The van der Waals surface area contributed by atoms with Crippen LogP contribution in [0, 0.1) is 5.92 Å². The molecule has 0 spiro atoms. The molecule has 0 amide bonds. The summed E-state index contributed by atoms with van der Waals surface area (Å²) in [6, 6.07) is 6.23. The van der Waals surface area contributed by atoms with Gasteiger partial charge in [0.25, 0.3) is 0 Å². The van der Waals surface area contributed by atoms with Gasteiger partial charge in [0.1, 0.15) is 0 Å². The summed E-state index contributed by atoms with van der Waals surface area (Å²) in [5.41, 5.74) is 2.54. The fourth-order valence-corrected chi connectivity index (χ4v) is 2.72. The highest BCUT2D eigenvalue weighted by atomic mass is 79.9. The van der Waals surface area contributed by atoms with Crippen molar-refractivity contribution in [1.29, 1.82) is 0 Å². The zero-order valence-corrected chi connectivity index (χ0v) is 11.1. The van der Waals surface area contributed by atoms with Crippen molar-refractivity contribution in [1.82, 2.24) is 0 Å². The molecular weight excluding hydrogens is 268 g/mol. The summed E-state index contributed by atoms with van der Waals surface area (Å²) in [5, 5.41) is 0. The number of fused-ring (bicyclic) bond motifs is 1. The molecule has 0 N–H and O–H groups in total. The summed E-state index contributed by atoms with van der Waals surface area (Å²) in [6.45, 7) is 4.41. The van der Waals surface area contributed by atoms with Crippen molar-refractivity contribution < 1.29 is 9.53 Å². The molecule has 0 radical (unpaired) electrons. The van der Waals surface area contributed by atoms with Crippen LogP contribution in [0.1, 0.15) is 30.9 Å². The van der Waals surface area contributed by atoms with Crippen LogP contribution >= 0.6 is 15.9 Å². The Morgan fingerprint density at radius 3 is 3.00 bits per heavy atom. The van der Waals surface area contributed by atoms with Gasteiger partial charge in [0.15, 0.2) is 0 Å². The molecule has 0 heterocycles. The Bertz CT molecular complexity index is 414. The van der Waals surface area contributed by atoms with E-state index in [1.165, 1.54) is 11.1 Å². The smallest absolute Gasteiger partial charge is 0.309 e. The summed E-state index contributed by atoms with van der Waals surface area (Å²) in [7, 11) is 0. The van der Waals surface area contributed by atoms with Crippen LogP contribution in [0.3, 0.4) is 0 Å². The van der Waals surface area contributed by atoms with E-state index >= 15 is 0 Å². The highest BCUT2D eigenvalue weighted by molar-refractivity contribution is 9.10. The second kappa shape index (κ2) is 4.58. The van der Waals surface area contributed by atoms with Crippen molar-refractivity contribution in [2.75, 3.05) is 6.61 Å². The van der Waals surface area contributed by atoms with Crippen molar-refractivity contribution in [3.05, 3.63) is 33.8 Å². The first-order chi connectivity index (χ1) is 7.63. The molecule has 2 rings (SSSR count). The minimum Gasteiger partial charge on any atom is -0.466 e. The molecule has 0 bridgehead atoms. The molecule has 0 aromatic heterocycles. The predicted octanol–water partition coefficient (Wildman–Crippen LogP) is 3.29. The zero-order valence-electron chi connectivity index (χ0n) is 9.50. The van der Waals surface area contributed by atoms with Gasteiger partial charge in [-0.2, -0.15) is 0 Å². The van der Waals surface area contributed by atoms with Crippen molar-refractivity contribution in [3.8, 4) is 0 Å². The normalized spacial score (nSPS) is 22.9. The van der Waals surface area contributed by atoms with E-state index in [0.717, 1.165) is 10.9 Å². The van der Waals surface area contributed by atoms with Gasteiger partial charge in [-0.1, -0.05) is 28.9 Å².